The van der Waals surface area contributed by atoms with Crippen molar-refractivity contribution in [3.8, 4) is 0 Å². The standard InChI is InChI=1S/C19H19ClN4O3S/c1-24(12-15-7-4-10-27-15)17(25)9-3-8-16-22-23-19(28-16)18(26)21-14-6-2-5-13(20)11-14/h2,4-7,10-11H,3,8-9,12H2,1H3,(H,21,26). The molecule has 2 heterocycles. The summed E-state index contributed by atoms with van der Waals surface area (Å²) in [6.07, 6.45) is 3.19. The number of anilines is 1. The predicted octanol–water partition coefficient (Wildman–Crippen LogP) is 4.02. The van der Waals surface area contributed by atoms with Gasteiger partial charge in [0.25, 0.3) is 5.91 Å². The highest BCUT2D eigenvalue weighted by Gasteiger charge is 2.15. The number of hydrogen-bond acceptors (Lipinski definition) is 6. The first kappa shape index (κ1) is 20.0. The summed E-state index contributed by atoms with van der Waals surface area (Å²) in [6.45, 7) is 0.443. The largest absolute Gasteiger partial charge is 0.467 e. The van der Waals surface area contributed by atoms with Gasteiger partial charge in [0.2, 0.25) is 10.9 Å². The third-order valence-corrected chi connectivity index (χ3v) is 5.14. The van der Waals surface area contributed by atoms with Crippen molar-refractivity contribution >= 4 is 40.4 Å². The van der Waals surface area contributed by atoms with E-state index in [1.165, 1.54) is 11.3 Å². The van der Waals surface area contributed by atoms with Crippen molar-refractivity contribution in [1.29, 1.82) is 0 Å². The van der Waals surface area contributed by atoms with Crippen LogP contribution in [0.1, 0.15) is 33.4 Å². The second kappa shape index (κ2) is 9.48. The number of carbonyl (C=O) groups excluding carboxylic acids is 2. The third kappa shape index (κ3) is 5.64. The number of furan rings is 1. The Morgan fingerprint density at radius 1 is 1.25 bits per heavy atom. The molecule has 0 bridgehead atoms. The van der Waals surface area contributed by atoms with Crippen molar-refractivity contribution in [3.05, 3.63) is 63.5 Å². The smallest absolute Gasteiger partial charge is 0.286 e. The maximum atomic E-state index is 12.2. The average molecular weight is 419 g/mol. The maximum Gasteiger partial charge on any atom is 0.286 e. The maximum absolute atomic E-state index is 12.2. The first-order valence-electron chi connectivity index (χ1n) is 8.67. The van der Waals surface area contributed by atoms with E-state index in [9.17, 15) is 9.59 Å². The number of rotatable bonds is 8. The number of benzene rings is 1. The zero-order chi connectivity index (χ0) is 19.9. The van der Waals surface area contributed by atoms with E-state index in [-0.39, 0.29) is 16.8 Å². The number of carbonyl (C=O) groups is 2. The van der Waals surface area contributed by atoms with Crippen LogP contribution in [0.5, 0.6) is 0 Å². The van der Waals surface area contributed by atoms with E-state index >= 15 is 0 Å². The van der Waals surface area contributed by atoms with Crippen LogP contribution >= 0.6 is 22.9 Å². The van der Waals surface area contributed by atoms with E-state index < -0.39 is 0 Å². The molecular formula is C19H19ClN4O3S. The number of nitrogens with one attached hydrogen (secondary N) is 1. The molecule has 0 spiro atoms. The SMILES string of the molecule is CN(Cc1ccco1)C(=O)CCCc1nnc(C(=O)Nc2cccc(Cl)c2)s1. The summed E-state index contributed by atoms with van der Waals surface area (Å²) in [5.41, 5.74) is 0.597. The molecule has 2 amide bonds. The minimum atomic E-state index is -0.333. The van der Waals surface area contributed by atoms with Gasteiger partial charge in [-0.3, -0.25) is 9.59 Å². The number of halogens is 1. The molecule has 9 heteroatoms. The van der Waals surface area contributed by atoms with E-state index in [0.717, 1.165) is 10.8 Å². The average Bonchev–Trinajstić information content (AvgIpc) is 3.33. The zero-order valence-electron chi connectivity index (χ0n) is 15.2. The topological polar surface area (TPSA) is 88.3 Å². The van der Waals surface area contributed by atoms with Crippen molar-refractivity contribution < 1.29 is 14.0 Å². The number of aromatic nitrogens is 2. The second-order valence-corrected chi connectivity index (χ2v) is 7.65. The van der Waals surface area contributed by atoms with Crippen LogP contribution in [0.25, 0.3) is 0 Å². The molecule has 146 valence electrons. The quantitative estimate of drug-likeness (QED) is 0.596. The monoisotopic (exact) mass is 418 g/mol. The molecule has 0 atom stereocenters. The van der Waals surface area contributed by atoms with Gasteiger partial charge >= 0.3 is 0 Å². The minimum absolute atomic E-state index is 0.0276. The Kier molecular flexibility index (Phi) is 6.78. The van der Waals surface area contributed by atoms with Crippen molar-refractivity contribution in [2.75, 3.05) is 12.4 Å². The summed E-state index contributed by atoms with van der Waals surface area (Å²) < 4.78 is 5.25. The fourth-order valence-corrected chi connectivity index (χ4v) is 3.47. The fraction of sp³-hybridized carbons (Fsp3) is 0.263. The van der Waals surface area contributed by atoms with E-state index in [2.05, 4.69) is 15.5 Å². The molecule has 1 aromatic carbocycles. The Labute approximate surface area is 171 Å². The van der Waals surface area contributed by atoms with Crippen molar-refractivity contribution in [2.45, 2.75) is 25.8 Å². The van der Waals surface area contributed by atoms with Crippen LogP contribution in [-0.2, 0) is 17.8 Å². The number of aryl methyl sites for hydroxylation is 1. The molecule has 7 nitrogen and oxygen atoms in total. The van der Waals surface area contributed by atoms with Gasteiger partial charge in [0.1, 0.15) is 10.8 Å². The lowest BCUT2D eigenvalue weighted by Crippen LogP contribution is -2.25. The van der Waals surface area contributed by atoms with Crippen LogP contribution in [0.3, 0.4) is 0 Å². The molecule has 0 fully saturated rings. The van der Waals surface area contributed by atoms with Crippen LogP contribution in [0, 0.1) is 0 Å². The molecule has 0 aliphatic carbocycles. The first-order valence-corrected chi connectivity index (χ1v) is 9.86. The van der Waals surface area contributed by atoms with Gasteiger partial charge in [0.15, 0.2) is 0 Å². The van der Waals surface area contributed by atoms with Crippen molar-refractivity contribution in [2.24, 2.45) is 0 Å². The molecule has 1 N–H and O–H groups in total. The summed E-state index contributed by atoms with van der Waals surface area (Å²) in [4.78, 5) is 26.1. The summed E-state index contributed by atoms with van der Waals surface area (Å²) >= 11 is 7.13. The molecule has 3 rings (SSSR count). The Balaban J connectivity index is 1.45. The van der Waals surface area contributed by atoms with Gasteiger partial charge in [-0.1, -0.05) is 29.0 Å². The molecule has 2 aromatic heterocycles. The van der Waals surface area contributed by atoms with Crippen molar-refractivity contribution in [1.82, 2.24) is 15.1 Å². The Morgan fingerprint density at radius 2 is 2.11 bits per heavy atom. The molecule has 0 aliphatic heterocycles. The molecule has 0 saturated heterocycles. The summed E-state index contributed by atoms with van der Waals surface area (Å²) in [5.74, 6) is 0.440. The Morgan fingerprint density at radius 3 is 2.86 bits per heavy atom. The van der Waals surface area contributed by atoms with Crippen LogP contribution in [0.4, 0.5) is 5.69 Å². The van der Waals surface area contributed by atoms with Gasteiger partial charge in [0, 0.05) is 30.6 Å². The number of amides is 2. The molecule has 0 aliphatic rings. The minimum Gasteiger partial charge on any atom is -0.467 e. The van der Waals surface area contributed by atoms with E-state index in [1.54, 1.807) is 48.5 Å². The highest BCUT2D eigenvalue weighted by atomic mass is 35.5. The third-order valence-electron chi connectivity index (χ3n) is 3.92. The number of nitrogens with zero attached hydrogens (tertiary/aromatic N) is 3. The van der Waals surface area contributed by atoms with Gasteiger partial charge in [-0.15, -0.1) is 10.2 Å². The highest BCUT2D eigenvalue weighted by molar-refractivity contribution is 7.13. The Hall–Kier alpha value is -2.71. The van der Waals surface area contributed by atoms with Gasteiger partial charge < -0.3 is 14.6 Å². The fourth-order valence-electron chi connectivity index (χ4n) is 2.50. The van der Waals surface area contributed by atoms with Gasteiger partial charge in [-0.2, -0.15) is 0 Å². The van der Waals surface area contributed by atoms with Crippen LogP contribution in [0.2, 0.25) is 5.02 Å². The predicted molar refractivity (Wildman–Crippen MR) is 107 cm³/mol. The number of hydrogen-bond donors (Lipinski definition) is 1. The lowest BCUT2D eigenvalue weighted by atomic mass is 10.2. The zero-order valence-corrected chi connectivity index (χ0v) is 16.8. The molecule has 0 saturated carbocycles. The van der Waals surface area contributed by atoms with Gasteiger partial charge in [-0.25, -0.2) is 0 Å². The highest BCUT2D eigenvalue weighted by Crippen LogP contribution is 2.18. The lowest BCUT2D eigenvalue weighted by Gasteiger charge is -2.15. The second-order valence-electron chi connectivity index (χ2n) is 6.15. The molecule has 0 radical (unpaired) electrons. The van der Waals surface area contributed by atoms with Crippen LogP contribution in [-0.4, -0.2) is 34.0 Å². The molecule has 3 aromatic rings. The van der Waals surface area contributed by atoms with Gasteiger partial charge in [-0.05, 0) is 36.8 Å². The summed E-state index contributed by atoms with van der Waals surface area (Å²) in [7, 11) is 1.74. The van der Waals surface area contributed by atoms with Crippen LogP contribution in [0.15, 0.2) is 47.1 Å². The summed E-state index contributed by atoms with van der Waals surface area (Å²) in [5, 5.41) is 12.2. The molecular weight excluding hydrogens is 400 g/mol. The van der Waals surface area contributed by atoms with Crippen molar-refractivity contribution in [3.63, 3.8) is 0 Å². The van der Waals surface area contributed by atoms with Crippen LogP contribution < -0.4 is 5.32 Å². The van der Waals surface area contributed by atoms with E-state index in [4.69, 9.17) is 16.0 Å². The van der Waals surface area contributed by atoms with E-state index in [0.29, 0.717) is 36.5 Å². The Bertz CT molecular complexity index is 942. The first-order chi connectivity index (χ1) is 13.5. The van der Waals surface area contributed by atoms with Gasteiger partial charge in [0.05, 0.1) is 12.8 Å². The molecule has 0 unspecified atom stereocenters. The van der Waals surface area contributed by atoms with E-state index in [1.807, 2.05) is 6.07 Å². The molecule has 28 heavy (non-hydrogen) atoms. The summed E-state index contributed by atoms with van der Waals surface area (Å²) in [6, 6.07) is 10.5. The lowest BCUT2D eigenvalue weighted by molar-refractivity contribution is -0.130. The normalized spacial score (nSPS) is 10.6.